The summed E-state index contributed by atoms with van der Waals surface area (Å²) in [7, 11) is -5.52. The van der Waals surface area contributed by atoms with E-state index in [1.54, 1.807) is 55.4 Å². The Bertz CT molecular complexity index is 1900. The molecule has 0 saturated carbocycles. The van der Waals surface area contributed by atoms with Crippen LogP contribution in [0.25, 0.3) is 0 Å². The van der Waals surface area contributed by atoms with Crippen LogP contribution in [-0.4, -0.2) is 10.3 Å². The van der Waals surface area contributed by atoms with Crippen molar-refractivity contribution in [2.75, 3.05) is 0 Å². The van der Waals surface area contributed by atoms with Gasteiger partial charge in [0, 0.05) is 35.5 Å². The summed E-state index contributed by atoms with van der Waals surface area (Å²) in [6.07, 6.45) is -32.7. The summed E-state index contributed by atoms with van der Waals surface area (Å²) < 4.78 is 243. The highest BCUT2D eigenvalue weighted by atomic mass is 35.7. The maximum absolute atomic E-state index is 13.7. The number of benzene rings is 2. The van der Waals surface area contributed by atoms with Crippen LogP contribution in [0.4, 0.5) is 79.0 Å². The van der Waals surface area contributed by atoms with Crippen molar-refractivity contribution < 1.29 is 79.0 Å². The molecule has 2 aromatic rings. The van der Waals surface area contributed by atoms with Crippen molar-refractivity contribution in [3.63, 3.8) is 0 Å². The van der Waals surface area contributed by atoms with Crippen LogP contribution in [-0.2, 0) is 37.1 Å². The largest absolute Gasteiger partial charge is 0.417 e. The first-order valence-electron chi connectivity index (χ1n) is 16.9. The summed E-state index contributed by atoms with van der Waals surface area (Å²) in [6.45, 7) is 15.7. The molecule has 0 N–H and O–H groups in total. The van der Waals surface area contributed by atoms with Gasteiger partial charge < -0.3 is 0 Å². The Kier molecular flexibility index (Phi) is 14.1. The molecule has 0 heterocycles. The molecule has 0 radical (unpaired) electrons. The summed E-state index contributed by atoms with van der Waals surface area (Å²) >= 11 is 12.8. The highest BCUT2D eigenvalue weighted by molar-refractivity contribution is 7.92. The average Bonchev–Trinajstić information content (AvgIpc) is 3.34. The van der Waals surface area contributed by atoms with Crippen LogP contribution >= 0.6 is 37.0 Å². The van der Waals surface area contributed by atoms with E-state index in [0.717, 1.165) is 0 Å². The third kappa shape index (κ3) is 9.28. The SMILES string of the molecule is CC1=C(C)C(C)([P@@](Cl)c2c(C(F)(F)F)cc(C(F)(F)F)cc2C(F)(F)F)C(C)=C1C.CC1=C(C)C(C)([P@@](Cl)c2c(C(F)(F)F)cc(C(F)(F)F)cc2C(F)(F)F)C(C)=C1C. The highest BCUT2D eigenvalue weighted by Crippen LogP contribution is 2.67. The molecule has 2 atom stereocenters. The Hall–Kier alpha value is -2.42. The number of hydrogen-bond donors (Lipinski definition) is 0. The topological polar surface area (TPSA) is 0 Å². The lowest BCUT2D eigenvalue weighted by atomic mass is 9.98. The Balaban J connectivity index is 0.000000320. The molecule has 60 heavy (non-hydrogen) atoms. The Morgan fingerprint density at radius 1 is 0.350 bits per heavy atom. The van der Waals surface area contributed by atoms with Crippen molar-refractivity contribution in [2.45, 2.75) is 117 Å². The van der Waals surface area contributed by atoms with Gasteiger partial charge in [0.05, 0.1) is 33.4 Å². The van der Waals surface area contributed by atoms with Crippen LogP contribution in [0, 0.1) is 0 Å². The number of allylic oxidation sites excluding steroid dienone is 8. The van der Waals surface area contributed by atoms with E-state index in [1.165, 1.54) is 13.8 Å². The van der Waals surface area contributed by atoms with Crippen LogP contribution in [0.5, 0.6) is 0 Å². The molecule has 2 aliphatic carbocycles. The minimum absolute atomic E-state index is 0.293. The van der Waals surface area contributed by atoms with Crippen molar-refractivity contribution in [3.8, 4) is 0 Å². The molecule has 2 aliphatic rings. The van der Waals surface area contributed by atoms with Gasteiger partial charge in [0.1, 0.15) is 0 Å². The first-order valence-corrected chi connectivity index (χ1v) is 21.4. The van der Waals surface area contributed by atoms with Gasteiger partial charge in [-0.15, -0.1) is 0 Å². The summed E-state index contributed by atoms with van der Waals surface area (Å²) in [4.78, 5) is 0. The second kappa shape index (κ2) is 16.3. The molecule has 2 aromatic carbocycles. The summed E-state index contributed by atoms with van der Waals surface area (Å²) in [5.41, 5.74) is -7.49. The average molecular weight is 966 g/mol. The smallest absolute Gasteiger partial charge is 0.166 e. The zero-order valence-electron chi connectivity index (χ0n) is 32.8. The third-order valence-electron chi connectivity index (χ3n) is 11.6. The molecule has 0 aliphatic heterocycles. The molecule has 0 aromatic heterocycles. The lowest BCUT2D eigenvalue weighted by Gasteiger charge is -2.37. The van der Waals surface area contributed by atoms with Crippen molar-refractivity contribution in [3.05, 3.63) is 102 Å². The van der Waals surface area contributed by atoms with Gasteiger partial charge in [-0.05, 0) is 116 Å². The van der Waals surface area contributed by atoms with Crippen LogP contribution in [0.1, 0.15) is 103 Å². The van der Waals surface area contributed by atoms with Gasteiger partial charge in [0.25, 0.3) is 0 Å². The van der Waals surface area contributed by atoms with E-state index in [1.807, 2.05) is 0 Å². The van der Waals surface area contributed by atoms with Gasteiger partial charge in [-0.1, -0.05) is 44.8 Å². The summed E-state index contributed by atoms with van der Waals surface area (Å²) in [5, 5.41) is -5.46. The lowest BCUT2D eigenvalue weighted by molar-refractivity contribution is -0.149. The molecule has 0 bridgehead atoms. The fraction of sp³-hybridized carbons (Fsp3) is 0.474. The molecule has 0 spiro atoms. The van der Waals surface area contributed by atoms with Gasteiger partial charge in [-0.25, -0.2) is 0 Å². The molecule has 0 amide bonds. The van der Waals surface area contributed by atoms with E-state index in [0.29, 0.717) is 44.6 Å². The monoisotopic (exact) mass is 964 g/mol. The molecule has 0 unspecified atom stereocenters. The third-order valence-corrected chi connectivity index (χ3v) is 19.3. The Morgan fingerprint density at radius 2 is 0.517 bits per heavy atom. The van der Waals surface area contributed by atoms with E-state index in [4.69, 9.17) is 22.5 Å². The molecule has 22 heteroatoms. The summed E-state index contributed by atoms with van der Waals surface area (Å²) in [5.74, 6) is 0. The van der Waals surface area contributed by atoms with E-state index in [-0.39, 0.29) is 24.3 Å². The molecular formula is C38H34Cl2F18P2. The first kappa shape index (κ1) is 51.9. The van der Waals surface area contributed by atoms with Crippen LogP contribution in [0.3, 0.4) is 0 Å². The van der Waals surface area contributed by atoms with Crippen LogP contribution in [0.2, 0.25) is 0 Å². The molecule has 0 fully saturated rings. The van der Waals surface area contributed by atoms with Crippen LogP contribution in [0.15, 0.2) is 68.9 Å². The zero-order valence-corrected chi connectivity index (χ0v) is 36.1. The highest BCUT2D eigenvalue weighted by Gasteiger charge is 2.54. The number of halogens is 20. The standard InChI is InChI=1S/2C19H17ClF9P/c2*1-8-9(2)11(4)16(5,10(8)3)30(20)15-13(18(24,25)26)6-12(17(21,22)23)7-14(15)19(27,28)29/h2*6-7H,1-5H3/t2*30-/m00/s1. The number of hydrogen-bond acceptors (Lipinski definition) is 0. The van der Waals surface area contributed by atoms with Crippen molar-refractivity contribution in [1.82, 2.24) is 0 Å². The second-order valence-corrected chi connectivity index (χ2v) is 20.4. The Morgan fingerprint density at radius 3 is 0.650 bits per heavy atom. The van der Waals surface area contributed by atoms with E-state index >= 15 is 0 Å². The quantitative estimate of drug-likeness (QED) is 0.212. The van der Waals surface area contributed by atoms with Gasteiger partial charge in [0.15, 0.2) is 0 Å². The van der Waals surface area contributed by atoms with Gasteiger partial charge in [-0.3, -0.25) is 0 Å². The molecule has 0 saturated heterocycles. The zero-order chi connectivity index (χ0) is 47.2. The maximum Gasteiger partial charge on any atom is 0.417 e. The maximum atomic E-state index is 13.7. The lowest BCUT2D eigenvalue weighted by Crippen LogP contribution is -2.34. The second-order valence-electron chi connectivity index (χ2n) is 14.5. The minimum Gasteiger partial charge on any atom is -0.166 e. The van der Waals surface area contributed by atoms with E-state index in [9.17, 15) is 79.0 Å². The van der Waals surface area contributed by atoms with Crippen molar-refractivity contribution in [1.29, 1.82) is 0 Å². The fourth-order valence-electron chi connectivity index (χ4n) is 7.07. The van der Waals surface area contributed by atoms with Gasteiger partial charge in [-0.2, -0.15) is 79.0 Å². The summed E-state index contributed by atoms with van der Waals surface area (Å²) in [6, 6.07) is -1.17. The minimum atomic E-state index is -5.47. The van der Waals surface area contributed by atoms with Crippen molar-refractivity contribution in [2.24, 2.45) is 0 Å². The normalized spacial score (nSPS) is 19.0. The van der Waals surface area contributed by atoms with Crippen LogP contribution < -0.4 is 10.6 Å². The van der Waals surface area contributed by atoms with E-state index in [2.05, 4.69) is 0 Å². The first-order chi connectivity index (χ1) is 26.5. The molecule has 4 rings (SSSR count). The van der Waals surface area contributed by atoms with Crippen molar-refractivity contribution >= 4 is 47.6 Å². The molecule has 0 nitrogen and oxygen atoms in total. The van der Waals surface area contributed by atoms with Gasteiger partial charge in [0.2, 0.25) is 0 Å². The predicted octanol–water partition coefficient (Wildman–Crippen LogP) is 16.9. The number of rotatable bonds is 4. The fourth-order valence-corrected chi connectivity index (χ4v) is 14.0. The number of alkyl halides is 18. The molecular weight excluding hydrogens is 931 g/mol. The van der Waals surface area contributed by atoms with Gasteiger partial charge >= 0.3 is 37.1 Å². The Labute approximate surface area is 344 Å². The molecule has 336 valence electrons. The van der Waals surface area contributed by atoms with E-state index < -0.39 is 106 Å². The predicted molar refractivity (Wildman–Crippen MR) is 198 cm³/mol.